The number of amides is 2. The SMILES string of the molecule is O=C(CN1C(=O)COc2cccnc21)N1CCCNCC1. The van der Waals surface area contributed by atoms with Gasteiger partial charge in [0.15, 0.2) is 18.2 Å². The van der Waals surface area contributed by atoms with Gasteiger partial charge in [-0.3, -0.25) is 14.5 Å². The lowest BCUT2D eigenvalue weighted by atomic mass is 10.3. The molecule has 21 heavy (non-hydrogen) atoms. The lowest BCUT2D eigenvalue weighted by Crippen LogP contribution is -2.47. The van der Waals surface area contributed by atoms with Crippen molar-refractivity contribution in [3.63, 3.8) is 0 Å². The van der Waals surface area contributed by atoms with E-state index in [4.69, 9.17) is 4.74 Å². The van der Waals surface area contributed by atoms with E-state index in [1.54, 1.807) is 23.2 Å². The fourth-order valence-corrected chi connectivity index (χ4v) is 2.53. The molecular formula is C14H18N4O3. The molecule has 0 saturated carbocycles. The van der Waals surface area contributed by atoms with Gasteiger partial charge in [0.1, 0.15) is 6.54 Å². The summed E-state index contributed by atoms with van der Waals surface area (Å²) in [5.41, 5.74) is 0. The van der Waals surface area contributed by atoms with Crippen LogP contribution >= 0.6 is 0 Å². The van der Waals surface area contributed by atoms with Crippen molar-refractivity contribution in [2.24, 2.45) is 0 Å². The third-order valence-electron chi connectivity index (χ3n) is 3.64. The van der Waals surface area contributed by atoms with Crippen molar-refractivity contribution >= 4 is 17.6 Å². The summed E-state index contributed by atoms with van der Waals surface area (Å²) in [6, 6.07) is 3.50. The Labute approximate surface area is 122 Å². The minimum absolute atomic E-state index is 0.0200. The minimum Gasteiger partial charge on any atom is -0.480 e. The summed E-state index contributed by atoms with van der Waals surface area (Å²) in [5.74, 6) is 0.686. The molecule has 0 bridgehead atoms. The van der Waals surface area contributed by atoms with Gasteiger partial charge in [0.05, 0.1) is 0 Å². The van der Waals surface area contributed by atoms with E-state index in [-0.39, 0.29) is 25.0 Å². The number of hydrogen-bond donors (Lipinski definition) is 1. The number of nitrogens with one attached hydrogen (secondary N) is 1. The number of ether oxygens (including phenoxy) is 1. The van der Waals surface area contributed by atoms with Crippen molar-refractivity contribution < 1.29 is 14.3 Å². The molecule has 1 N–H and O–H groups in total. The van der Waals surface area contributed by atoms with Crippen LogP contribution < -0.4 is 15.0 Å². The number of anilines is 1. The molecule has 0 atom stereocenters. The van der Waals surface area contributed by atoms with Gasteiger partial charge in [-0.05, 0) is 25.1 Å². The smallest absolute Gasteiger partial charge is 0.266 e. The number of fused-ring (bicyclic) bond motifs is 1. The molecule has 1 saturated heterocycles. The van der Waals surface area contributed by atoms with Gasteiger partial charge in [0, 0.05) is 25.8 Å². The lowest BCUT2D eigenvalue weighted by molar-refractivity contribution is -0.131. The third-order valence-corrected chi connectivity index (χ3v) is 3.64. The summed E-state index contributed by atoms with van der Waals surface area (Å²) in [7, 11) is 0. The summed E-state index contributed by atoms with van der Waals surface area (Å²) in [4.78, 5) is 31.8. The first-order chi connectivity index (χ1) is 10.3. The molecule has 112 valence electrons. The van der Waals surface area contributed by atoms with E-state index in [0.717, 1.165) is 26.1 Å². The first-order valence-corrected chi connectivity index (χ1v) is 7.12. The summed E-state index contributed by atoms with van der Waals surface area (Å²) >= 11 is 0. The van der Waals surface area contributed by atoms with E-state index in [9.17, 15) is 9.59 Å². The number of carbonyl (C=O) groups excluding carboxylic acids is 2. The second-order valence-corrected chi connectivity index (χ2v) is 5.08. The Bertz CT molecular complexity index is 541. The van der Waals surface area contributed by atoms with E-state index >= 15 is 0 Å². The molecule has 0 radical (unpaired) electrons. The number of hydrogen-bond acceptors (Lipinski definition) is 5. The molecule has 1 fully saturated rings. The fraction of sp³-hybridized carbons (Fsp3) is 0.500. The minimum atomic E-state index is -0.234. The molecule has 7 heteroatoms. The monoisotopic (exact) mass is 290 g/mol. The highest BCUT2D eigenvalue weighted by Gasteiger charge is 2.29. The molecule has 2 aliphatic rings. The average Bonchev–Trinajstić information content (AvgIpc) is 2.79. The van der Waals surface area contributed by atoms with Crippen LogP contribution in [0.1, 0.15) is 6.42 Å². The molecule has 1 aromatic heterocycles. The molecule has 2 aliphatic heterocycles. The first kappa shape index (κ1) is 13.8. The van der Waals surface area contributed by atoms with Crippen LogP contribution in [-0.2, 0) is 9.59 Å². The Morgan fingerprint density at radius 2 is 2.29 bits per heavy atom. The number of aromatic nitrogens is 1. The molecule has 3 rings (SSSR count). The zero-order valence-corrected chi connectivity index (χ0v) is 11.7. The zero-order valence-electron chi connectivity index (χ0n) is 11.7. The van der Waals surface area contributed by atoms with Crippen molar-refractivity contribution in [3.05, 3.63) is 18.3 Å². The van der Waals surface area contributed by atoms with E-state index in [2.05, 4.69) is 10.3 Å². The molecule has 0 aromatic carbocycles. The molecule has 7 nitrogen and oxygen atoms in total. The Balaban J connectivity index is 1.74. The normalized spacial score (nSPS) is 18.8. The van der Waals surface area contributed by atoms with Gasteiger partial charge in [-0.1, -0.05) is 0 Å². The Hall–Kier alpha value is -2.15. The van der Waals surface area contributed by atoms with Gasteiger partial charge in [-0.2, -0.15) is 0 Å². The Morgan fingerprint density at radius 3 is 3.19 bits per heavy atom. The van der Waals surface area contributed by atoms with Crippen LogP contribution in [0.25, 0.3) is 0 Å². The molecule has 0 spiro atoms. The van der Waals surface area contributed by atoms with Gasteiger partial charge < -0.3 is 15.0 Å². The van der Waals surface area contributed by atoms with Crippen molar-refractivity contribution in [2.75, 3.05) is 44.2 Å². The van der Waals surface area contributed by atoms with Crippen LogP contribution in [0.2, 0.25) is 0 Å². The molecule has 3 heterocycles. The van der Waals surface area contributed by atoms with Gasteiger partial charge >= 0.3 is 0 Å². The molecule has 1 aromatic rings. The van der Waals surface area contributed by atoms with E-state index < -0.39 is 0 Å². The van der Waals surface area contributed by atoms with Crippen LogP contribution in [0.4, 0.5) is 5.82 Å². The third kappa shape index (κ3) is 2.97. The van der Waals surface area contributed by atoms with E-state index in [1.807, 2.05) is 0 Å². The predicted molar refractivity (Wildman–Crippen MR) is 76.2 cm³/mol. The van der Waals surface area contributed by atoms with Crippen LogP contribution in [0.5, 0.6) is 5.75 Å². The van der Waals surface area contributed by atoms with Crippen molar-refractivity contribution in [1.29, 1.82) is 0 Å². The van der Waals surface area contributed by atoms with E-state index in [0.29, 0.717) is 18.1 Å². The largest absolute Gasteiger partial charge is 0.480 e. The molecule has 0 unspecified atom stereocenters. The number of nitrogens with zero attached hydrogens (tertiary/aromatic N) is 3. The second kappa shape index (κ2) is 6.09. The molecule has 0 aliphatic carbocycles. The number of pyridine rings is 1. The maximum atomic E-state index is 12.4. The lowest BCUT2D eigenvalue weighted by Gasteiger charge is -2.29. The zero-order chi connectivity index (χ0) is 14.7. The number of carbonyl (C=O) groups is 2. The van der Waals surface area contributed by atoms with Crippen LogP contribution in [0, 0.1) is 0 Å². The summed E-state index contributed by atoms with van der Waals surface area (Å²) in [5, 5.41) is 3.25. The van der Waals surface area contributed by atoms with Gasteiger partial charge in [-0.15, -0.1) is 0 Å². The average molecular weight is 290 g/mol. The van der Waals surface area contributed by atoms with Gasteiger partial charge in [-0.25, -0.2) is 4.98 Å². The first-order valence-electron chi connectivity index (χ1n) is 7.12. The second-order valence-electron chi connectivity index (χ2n) is 5.08. The number of rotatable bonds is 2. The van der Waals surface area contributed by atoms with Gasteiger partial charge in [0.2, 0.25) is 5.91 Å². The summed E-state index contributed by atoms with van der Waals surface area (Å²) in [6.45, 7) is 3.08. The standard InChI is InChI=1S/C14H18N4O3/c19-12(17-7-2-4-15-6-8-17)9-18-13(20)10-21-11-3-1-5-16-14(11)18/h1,3,5,15H,2,4,6-10H2. The van der Waals surface area contributed by atoms with Crippen LogP contribution in [0.15, 0.2) is 18.3 Å². The summed E-state index contributed by atoms with van der Waals surface area (Å²) in [6.07, 6.45) is 2.52. The highest BCUT2D eigenvalue weighted by molar-refractivity contribution is 6.01. The van der Waals surface area contributed by atoms with Gasteiger partial charge in [0.25, 0.3) is 5.91 Å². The van der Waals surface area contributed by atoms with Crippen LogP contribution in [-0.4, -0.2) is 61.0 Å². The highest BCUT2D eigenvalue weighted by Crippen LogP contribution is 2.28. The maximum absolute atomic E-state index is 12.4. The predicted octanol–water partition coefficient (Wildman–Crippen LogP) is -0.371. The maximum Gasteiger partial charge on any atom is 0.266 e. The van der Waals surface area contributed by atoms with E-state index in [1.165, 1.54) is 4.90 Å². The quantitative estimate of drug-likeness (QED) is 0.804. The van der Waals surface area contributed by atoms with Crippen molar-refractivity contribution in [3.8, 4) is 5.75 Å². The highest BCUT2D eigenvalue weighted by atomic mass is 16.5. The molecular weight excluding hydrogens is 272 g/mol. The van der Waals surface area contributed by atoms with Crippen LogP contribution in [0.3, 0.4) is 0 Å². The molecule has 2 amide bonds. The Kier molecular flexibility index (Phi) is 4.01. The summed E-state index contributed by atoms with van der Waals surface area (Å²) < 4.78 is 5.32. The topological polar surface area (TPSA) is 74.8 Å². The van der Waals surface area contributed by atoms with Crippen molar-refractivity contribution in [1.82, 2.24) is 15.2 Å². The Morgan fingerprint density at radius 1 is 1.38 bits per heavy atom. The fourth-order valence-electron chi connectivity index (χ4n) is 2.53. The van der Waals surface area contributed by atoms with Crippen molar-refractivity contribution in [2.45, 2.75) is 6.42 Å².